The molecule has 32 heavy (non-hydrogen) atoms. The summed E-state index contributed by atoms with van der Waals surface area (Å²) in [6.45, 7) is 2.20. The van der Waals surface area contributed by atoms with E-state index >= 15 is 0 Å². The molecule has 0 unspecified atom stereocenters. The highest BCUT2D eigenvalue weighted by Gasteiger charge is 2.20. The van der Waals surface area contributed by atoms with E-state index in [4.69, 9.17) is 5.73 Å². The van der Waals surface area contributed by atoms with Crippen LogP contribution in [0.1, 0.15) is 35.0 Å². The first-order chi connectivity index (χ1) is 15.5. The van der Waals surface area contributed by atoms with Crippen LogP contribution in [0.4, 0.5) is 4.39 Å². The first-order valence-electron chi connectivity index (χ1n) is 10.3. The average molecular weight is 495 g/mol. The van der Waals surface area contributed by atoms with Gasteiger partial charge < -0.3 is 5.73 Å². The van der Waals surface area contributed by atoms with E-state index in [0.29, 0.717) is 22.2 Å². The fourth-order valence-electron chi connectivity index (χ4n) is 3.62. The van der Waals surface area contributed by atoms with Crippen LogP contribution in [0.15, 0.2) is 83.7 Å². The number of primary amides is 1. The lowest BCUT2D eigenvalue weighted by Crippen LogP contribution is -2.27. The molecule has 0 radical (unpaired) electrons. The van der Waals surface area contributed by atoms with Gasteiger partial charge in [0.2, 0.25) is 0 Å². The van der Waals surface area contributed by atoms with Gasteiger partial charge >= 0.3 is 0 Å². The number of fused-ring (bicyclic) bond motifs is 1. The van der Waals surface area contributed by atoms with Crippen LogP contribution < -0.4 is 11.3 Å². The monoisotopic (exact) mass is 494 g/mol. The molecule has 0 aliphatic carbocycles. The molecule has 0 bridgehead atoms. The fourth-order valence-corrected chi connectivity index (χ4v) is 4.15. The van der Waals surface area contributed by atoms with Gasteiger partial charge in [-0.05, 0) is 36.2 Å². The van der Waals surface area contributed by atoms with Crippen molar-refractivity contribution in [1.82, 2.24) is 4.57 Å². The lowest BCUT2D eigenvalue weighted by atomic mass is 10.0. The number of alkyl halides is 1. The summed E-state index contributed by atoms with van der Waals surface area (Å²) in [5, 5.41) is 1.07. The lowest BCUT2D eigenvalue weighted by molar-refractivity contribution is 0.100. The van der Waals surface area contributed by atoms with Crippen molar-refractivity contribution in [3.05, 3.63) is 112 Å². The molecule has 1 amide bonds. The zero-order chi connectivity index (χ0) is 23.1. The van der Waals surface area contributed by atoms with Crippen LogP contribution in [0.2, 0.25) is 0 Å². The highest BCUT2D eigenvalue weighted by Crippen LogP contribution is 2.24. The zero-order valence-corrected chi connectivity index (χ0v) is 19.3. The number of rotatable bonds is 5. The number of halogens is 2. The van der Waals surface area contributed by atoms with Gasteiger partial charge in [-0.2, -0.15) is 0 Å². The summed E-state index contributed by atoms with van der Waals surface area (Å²) in [6, 6.07) is 23.0. The summed E-state index contributed by atoms with van der Waals surface area (Å²) >= 11 is 3.30. The number of amides is 1. The Kier molecular flexibility index (Phi) is 7.95. The van der Waals surface area contributed by atoms with Crippen LogP contribution in [0.5, 0.6) is 0 Å². The Morgan fingerprint density at radius 3 is 2.22 bits per heavy atom. The van der Waals surface area contributed by atoms with Crippen LogP contribution >= 0.6 is 15.9 Å². The number of nitrogens with two attached hydrogens (primary N) is 1. The van der Waals surface area contributed by atoms with Crippen molar-refractivity contribution in [3.63, 3.8) is 0 Å². The van der Waals surface area contributed by atoms with Crippen molar-refractivity contribution in [2.45, 2.75) is 25.1 Å². The molecule has 4 nitrogen and oxygen atoms in total. The Bertz CT molecular complexity index is 1290. The van der Waals surface area contributed by atoms with E-state index in [0.717, 1.165) is 0 Å². The molecule has 0 atom stereocenters. The van der Waals surface area contributed by atoms with E-state index in [1.807, 2.05) is 0 Å². The van der Waals surface area contributed by atoms with Crippen molar-refractivity contribution in [2.24, 2.45) is 5.73 Å². The largest absolute Gasteiger partial charge is 0.366 e. The topological polar surface area (TPSA) is 65.1 Å². The highest BCUT2D eigenvalue weighted by atomic mass is 79.9. The molecule has 4 rings (SSSR count). The number of aryl methyl sites for hydroxylation is 1. The maximum absolute atomic E-state index is 13.6. The van der Waals surface area contributed by atoms with Crippen LogP contribution in [-0.4, -0.2) is 10.5 Å². The van der Waals surface area contributed by atoms with Crippen LogP contribution in [0.3, 0.4) is 0 Å². The van der Waals surface area contributed by atoms with Crippen molar-refractivity contribution in [2.75, 3.05) is 0 Å². The molecule has 1 aromatic heterocycles. The Hall–Kier alpha value is -3.25. The highest BCUT2D eigenvalue weighted by molar-refractivity contribution is 9.08. The molecule has 0 spiro atoms. The van der Waals surface area contributed by atoms with Gasteiger partial charge in [0.15, 0.2) is 0 Å². The van der Waals surface area contributed by atoms with E-state index in [1.54, 1.807) is 30.3 Å². The number of carbonyl (C=O) groups is 1. The molecule has 0 fully saturated rings. The smallest absolute Gasteiger partial charge is 0.263 e. The SMILES string of the molecule is CCCc1ccccc1.NC(=O)c1c(CBr)n(-c2cccc(F)c2)c(=O)c2ccccc12. The first kappa shape index (κ1) is 23.4. The van der Waals surface area contributed by atoms with Gasteiger partial charge in [0.1, 0.15) is 5.82 Å². The maximum atomic E-state index is 13.6. The van der Waals surface area contributed by atoms with Gasteiger partial charge in [-0.15, -0.1) is 0 Å². The molecule has 0 saturated heterocycles. The van der Waals surface area contributed by atoms with Crippen molar-refractivity contribution < 1.29 is 9.18 Å². The minimum atomic E-state index is -0.638. The Morgan fingerprint density at radius 2 is 1.62 bits per heavy atom. The summed E-state index contributed by atoms with van der Waals surface area (Å²) in [6.07, 6.45) is 2.45. The van der Waals surface area contributed by atoms with Gasteiger partial charge in [-0.1, -0.05) is 83.9 Å². The number of hydrogen-bond acceptors (Lipinski definition) is 2. The second-order valence-corrected chi connectivity index (χ2v) is 7.78. The molecular formula is C26H24BrFN2O2. The Balaban J connectivity index is 0.000000269. The van der Waals surface area contributed by atoms with Crippen LogP contribution in [-0.2, 0) is 11.8 Å². The third-order valence-corrected chi connectivity index (χ3v) is 5.54. The zero-order valence-electron chi connectivity index (χ0n) is 17.7. The predicted molar refractivity (Wildman–Crippen MR) is 131 cm³/mol. The normalized spacial score (nSPS) is 10.5. The van der Waals surface area contributed by atoms with Gasteiger partial charge in [-0.3, -0.25) is 14.2 Å². The lowest BCUT2D eigenvalue weighted by Gasteiger charge is -2.17. The minimum absolute atomic E-state index is 0.224. The summed E-state index contributed by atoms with van der Waals surface area (Å²) in [7, 11) is 0. The molecular weight excluding hydrogens is 471 g/mol. The van der Waals surface area contributed by atoms with E-state index in [2.05, 4.69) is 53.2 Å². The molecule has 2 N–H and O–H groups in total. The van der Waals surface area contributed by atoms with E-state index in [-0.39, 0.29) is 16.5 Å². The van der Waals surface area contributed by atoms with Crippen molar-refractivity contribution >= 4 is 32.6 Å². The van der Waals surface area contributed by atoms with Crippen molar-refractivity contribution in [1.29, 1.82) is 0 Å². The minimum Gasteiger partial charge on any atom is -0.366 e. The molecule has 6 heteroatoms. The second-order valence-electron chi connectivity index (χ2n) is 7.22. The first-order valence-corrected chi connectivity index (χ1v) is 11.4. The number of hydrogen-bond donors (Lipinski definition) is 1. The van der Waals surface area contributed by atoms with E-state index in [9.17, 15) is 14.0 Å². The number of pyridine rings is 1. The van der Waals surface area contributed by atoms with Crippen molar-refractivity contribution in [3.8, 4) is 5.69 Å². The molecule has 3 aromatic carbocycles. The molecule has 164 valence electrons. The molecule has 0 saturated carbocycles. The summed E-state index contributed by atoms with van der Waals surface area (Å²) in [5.41, 5.74) is 7.64. The predicted octanol–water partition coefficient (Wildman–Crippen LogP) is 5.76. The summed E-state index contributed by atoms with van der Waals surface area (Å²) in [4.78, 5) is 24.8. The number of aromatic nitrogens is 1. The number of carbonyl (C=O) groups excluding carboxylic acids is 1. The van der Waals surface area contributed by atoms with Gasteiger partial charge in [-0.25, -0.2) is 4.39 Å². The van der Waals surface area contributed by atoms with E-state index in [1.165, 1.54) is 41.2 Å². The molecule has 1 heterocycles. The average Bonchev–Trinajstić information content (AvgIpc) is 2.80. The van der Waals surface area contributed by atoms with Crippen LogP contribution in [0.25, 0.3) is 16.5 Å². The van der Waals surface area contributed by atoms with E-state index < -0.39 is 11.7 Å². The quantitative estimate of drug-likeness (QED) is 0.358. The summed E-state index contributed by atoms with van der Waals surface area (Å²) in [5.74, 6) is -1.11. The molecule has 4 aromatic rings. The second kappa shape index (κ2) is 10.9. The van der Waals surface area contributed by atoms with Gasteiger partial charge in [0, 0.05) is 16.1 Å². The molecule has 0 aliphatic heterocycles. The standard InChI is InChI=1S/C17H12BrFN2O2.C9H12/c18-9-14-15(16(20)22)12-6-1-2-7-13(12)17(23)21(14)11-5-3-4-10(19)8-11;1-2-6-9-7-4-3-5-8-9/h1-8H,9H2,(H2,20,22);3-5,7-8H,2,6H2,1H3. The van der Waals surface area contributed by atoms with Gasteiger partial charge in [0.05, 0.1) is 16.9 Å². The molecule has 0 aliphatic rings. The Morgan fingerprint density at radius 1 is 0.969 bits per heavy atom. The number of nitrogens with zero attached hydrogens (tertiary/aromatic N) is 1. The Labute approximate surface area is 194 Å². The number of benzene rings is 3. The van der Waals surface area contributed by atoms with Gasteiger partial charge in [0.25, 0.3) is 11.5 Å². The fraction of sp³-hybridized carbons (Fsp3) is 0.154. The summed E-state index contributed by atoms with van der Waals surface area (Å²) < 4.78 is 14.9. The third kappa shape index (κ3) is 5.14. The third-order valence-electron chi connectivity index (χ3n) is 5.01. The van der Waals surface area contributed by atoms with Crippen LogP contribution in [0, 0.1) is 5.82 Å². The maximum Gasteiger partial charge on any atom is 0.263 e.